The van der Waals surface area contributed by atoms with E-state index in [1.165, 1.54) is 26.4 Å². The number of nitrogens with zero attached hydrogens (tertiary/aromatic N) is 3. The van der Waals surface area contributed by atoms with Gasteiger partial charge in [-0.3, -0.25) is 4.84 Å². The molecular formula is C19H20Cl2N4O5. The molecule has 0 saturated carbocycles. The van der Waals surface area contributed by atoms with Gasteiger partial charge in [-0.05, 0) is 30.7 Å². The Bertz CT molecular complexity index is 1080. The van der Waals surface area contributed by atoms with Crippen LogP contribution in [0.5, 0.6) is 0 Å². The molecule has 9 nitrogen and oxygen atoms in total. The van der Waals surface area contributed by atoms with Crippen molar-refractivity contribution in [3.05, 3.63) is 52.4 Å². The minimum Gasteiger partial charge on any atom is -0.386 e. The molecule has 1 aliphatic heterocycles. The number of hydrogen-bond acceptors (Lipinski definition) is 8. The number of nitrogens with one attached hydrogen (secondary N) is 1. The molecule has 1 aliphatic rings. The van der Waals surface area contributed by atoms with E-state index in [0.29, 0.717) is 27.4 Å². The number of aromatic nitrogens is 3. The average Bonchev–Trinajstić information content (AvgIpc) is 3.24. The number of fused-ring (bicyclic) bond motifs is 1. The van der Waals surface area contributed by atoms with E-state index < -0.39 is 30.1 Å². The maximum Gasteiger partial charge on any atom is 0.164 e. The molecule has 0 aliphatic carbocycles. The van der Waals surface area contributed by atoms with Gasteiger partial charge in [-0.1, -0.05) is 29.3 Å². The van der Waals surface area contributed by atoms with E-state index in [1.807, 2.05) is 0 Å². The molecule has 0 amide bonds. The molecule has 2 aromatic heterocycles. The first kappa shape index (κ1) is 21.3. The highest BCUT2D eigenvalue weighted by Crippen LogP contribution is 2.44. The summed E-state index contributed by atoms with van der Waals surface area (Å²) in [5.74, 6) is 0.438. The maximum atomic E-state index is 11.0. The fourth-order valence-corrected chi connectivity index (χ4v) is 3.96. The van der Waals surface area contributed by atoms with E-state index in [2.05, 4.69) is 15.4 Å². The summed E-state index contributed by atoms with van der Waals surface area (Å²) in [6, 6.07) is 6.35. The molecule has 30 heavy (non-hydrogen) atoms. The summed E-state index contributed by atoms with van der Waals surface area (Å²) in [4.78, 5) is 13.3. The Hall–Kier alpha value is -1.98. The Morgan fingerprint density at radius 3 is 2.73 bits per heavy atom. The average molecular weight is 455 g/mol. The van der Waals surface area contributed by atoms with Crippen LogP contribution < -0.4 is 5.48 Å². The van der Waals surface area contributed by atoms with Crippen LogP contribution in [-0.2, 0) is 9.57 Å². The van der Waals surface area contributed by atoms with Crippen molar-refractivity contribution in [1.29, 1.82) is 0 Å². The number of aliphatic hydroxyl groups is 3. The van der Waals surface area contributed by atoms with E-state index in [-0.39, 0.29) is 5.02 Å². The molecule has 160 valence electrons. The minimum atomic E-state index is -1.77. The Balaban J connectivity index is 1.69. The monoisotopic (exact) mass is 454 g/mol. The molecule has 4 rings (SSSR count). The number of rotatable bonds is 5. The van der Waals surface area contributed by atoms with Gasteiger partial charge in [0.2, 0.25) is 0 Å². The Morgan fingerprint density at radius 2 is 2.03 bits per heavy atom. The highest BCUT2D eigenvalue weighted by molar-refractivity contribution is 6.42. The molecule has 0 spiro atoms. The zero-order valence-electron chi connectivity index (χ0n) is 16.0. The van der Waals surface area contributed by atoms with E-state index in [1.54, 1.807) is 29.0 Å². The predicted octanol–water partition coefficient (Wildman–Crippen LogP) is 2.45. The molecule has 0 radical (unpaired) electrons. The van der Waals surface area contributed by atoms with Crippen molar-refractivity contribution in [3.63, 3.8) is 0 Å². The second kappa shape index (κ2) is 7.93. The van der Waals surface area contributed by atoms with Gasteiger partial charge in [0.1, 0.15) is 35.9 Å². The number of anilines is 1. The summed E-state index contributed by atoms with van der Waals surface area (Å²) in [7, 11) is 1.46. The fourth-order valence-electron chi connectivity index (χ4n) is 3.66. The molecule has 4 N–H and O–H groups in total. The van der Waals surface area contributed by atoms with Gasteiger partial charge in [0.05, 0.1) is 22.5 Å². The lowest BCUT2D eigenvalue weighted by Gasteiger charge is -2.29. The van der Waals surface area contributed by atoms with Crippen LogP contribution in [0.25, 0.3) is 11.0 Å². The van der Waals surface area contributed by atoms with Crippen LogP contribution >= 0.6 is 23.2 Å². The summed E-state index contributed by atoms with van der Waals surface area (Å²) >= 11 is 12.0. The summed E-state index contributed by atoms with van der Waals surface area (Å²) in [5, 5.41) is 33.9. The van der Waals surface area contributed by atoms with Gasteiger partial charge in [0.15, 0.2) is 12.0 Å². The summed E-state index contributed by atoms with van der Waals surface area (Å²) in [6.07, 6.45) is -1.79. The van der Waals surface area contributed by atoms with Crippen molar-refractivity contribution in [2.45, 2.75) is 37.1 Å². The van der Waals surface area contributed by atoms with Gasteiger partial charge in [0, 0.05) is 6.20 Å². The zero-order valence-corrected chi connectivity index (χ0v) is 17.5. The van der Waals surface area contributed by atoms with Crippen molar-refractivity contribution < 1.29 is 24.9 Å². The third-order valence-electron chi connectivity index (χ3n) is 5.29. The van der Waals surface area contributed by atoms with E-state index in [0.717, 1.165) is 0 Å². The van der Waals surface area contributed by atoms with Crippen LogP contribution in [0.2, 0.25) is 10.0 Å². The van der Waals surface area contributed by atoms with Crippen LogP contribution in [0.3, 0.4) is 0 Å². The highest BCUT2D eigenvalue weighted by Gasteiger charge is 2.55. The van der Waals surface area contributed by atoms with Crippen LogP contribution in [0.1, 0.15) is 24.8 Å². The van der Waals surface area contributed by atoms with Crippen molar-refractivity contribution in [2.24, 2.45) is 0 Å². The topological polar surface area (TPSA) is 122 Å². The maximum absolute atomic E-state index is 11.0. The molecule has 3 heterocycles. The molecule has 3 aromatic rings. The van der Waals surface area contributed by atoms with Gasteiger partial charge in [-0.25, -0.2) is 15.4 Å². The standard InChI is InChI=1S/C19H20Cl2N4O5/c1-19(28)14(27)18(25-6-5-10-16(24-29-2)22-8-23-17(10)25)30-15(19)13(26)9-3-4-11(20)12(21)7-9/h3-8,13-15,18,26-28H,1-2H3,(H,22,23,24)/t13-,14+,15-,18-,19+/m1/s1. The Morgan fingerprint density at radius 1 is 1.27 bits per heavy atom. The molecule has 1 aromatic carbocycles. The largest absolute Gasteiger partial charge is 0.386 e. The van der Waals surface area contributed by atoms with Gasteiger partial charge < -0.3 is 24.6 Å². The van der Waals surface area contributed by atoms with Gasteiger partial charge in [0.25, 0.3) is 0 Å². The number of halogens is 2. The highest BCUT2D eigenvalue weighted by atomic mass is 35.5. The Kier molecular flexibility index (Phi) is 5.62. The van der Waals surface area contributed by atoms with Crippen LogP contribution in [0.15, 0.2) is 36.8 Å². The first-order valence-electron chi connectivity index (χ1n) is 9.05. The molecule has 11 heteroatoms. The first-order chi connectivity index (χ1) is 14.3. The molecule has 5 atom stereocenters. The van der Waals surface area contributed by atoms with Gasteiger partial charge in [-0.15, -0.1) is 0 Å². The minimum absolute atomic E-state index is 0.259. The molecule has 1 fully saturated rings. The number of ether oxygens (including phenoxy) is 1. The van der Waals surface area contributed by atoms with Crippen LogP contribution in [-0.4, -0.2) is 54.8 Å². The van der Waals surface area contributed by atoms with E-state index in [4.69, 9.17) is 32.8 Å². The quantitative estimate of drug-likeness (QED) is 0.433. The number of benzene rings is 1. The molecule has 0 unspecified atom stereocenters. The molecule has 0 bridgehead atoms. The van der Waals surface area contributed by atoms with Crippen LogP contribution in [0.4, 0.5) is 5.82 Å². The number of hydrogen-bond donors (Lipinski definition) is 4. The van der Waals surface area contributed by atoms with Crippen molar-refractivity contribution in [2.75, 3.05) is 12.6 Å². The first-order valence-corrected chi connectivity index (χ1v) is 9.80. The third kappa shape index (κ3) is 3.42. The van der Waals surface area contributed by atoms with Gasteiger partial charge in [-0.2, -0.15) is 0 Å². The zero-order chi connectivity index (χ0) is 21.6. The second-order valence-corrected chi connectivity index (χ2v) is 8.04. The van der Waals surface area contributed by atoms with E-state index in [9.17, 15) is 15.3 Å². The normalized spacial score (nSPS) is 27.5. The van der Waals surface area contributed by atoms with Crippen molar-refractivity contribution >= 4 is 40.1 Å². The SMILES string of the molecule is CONc1ncnc2c1ccn2[C@@H]1O[C@H]([C@H](O)c2ccc(Cl)c(Cl)c2)[C@@](C)(O)[C@H]1O. The van der Waals surface area contributed by atoms with Crippen LogP contribution in [0, 0.1) is 0 Å². The number of aliphatic hydroxyl groups excluding tert-OH is 2. The smallest absolute Gasteiger partial charge is 0.164 e. The molecule has 1 saturated heterocycles. The summed E-state index contributed by atoms with van der Waals surface area (Å²) in [5.41, 5.74) is 1.74. The lowest BCUT2D eigenvalue weighted by molar-refractivity contribution is -0.115. The van der Waals surface area contributed by atoms with Gasteiger partial charge >= 0.3 is 0 Å². The summed E-state index contributed by atoms with van der Waals surface area (Å²) in [6.45, 7) is 1.40. The predicted molar refractivity (Wildman–Crippen MR) is 110 cm³/mol. The van der Waals surface area contributed by atoms with Crippen molar-refractivity contribution in [3.8, 4) is 0 Å². The Labute approximate surface area is 181 Å². The second-order valence-electron chi connectivity index (χ2n) is 7.23. The lowest BCUT2D eigenvalue weighted by atomic mass is 9.88. The summed E-state index contributed by atoms with van der Waals surface area (Å²) < 4.78 is 7.52. The lowest BCUT2D eigenvalue weighted by Crippen LogP contribution is -2.47. The van der Waals surface area contributed by atoms with E-state index >= 15 is 0 Å². The third-order valence-corrected chi connectivity index (χ3v) is 6.02. The fraction of sp³-hybridized carbons (Fsp3) is 0.368. The van der Waals surface area contributed by atoms with Crippen molar-refractivity contribution in [1.82, 2.24) is 14.5 Å². The molecular weight excluding hydrogens is 435 g/mol.